The van der Waals surface area contributed by atoms with Gasteiger partial charge in [-0.1, -0.05) is 0 Å². The molecule has 92 valence electrons. The van der Waals surface area contributed by atoms with Crippen molar-refractivity contribution in [3.05, 3.63) is 23.7 Å². The van der Waals surface area contributed by atoms with Crippen LogP contribution in [0.3, 0.4) is 0 Å². The fraction of sp³-hybridized carbons (Fsp3) is 0.455. The van der Waals surface area contributed by atoms with E-state index in [1.54, 1.807) is 12.1 Å². The lowest BCUT2D eigenvalue weighted by Gasteiger charge is -2.14. The van der Waals surface area contributed by atoms with Gasteiger partial charge in [0.05, 0.1) is 20.2 Å². The van der Waals surface area contributed by atoms with E-state index >= 15 is 0 Å². The van der Waals surface area contributed by atoms with Crippen LogP contribution in [0.2, 0.25) is 0 Å². The summed E-state index contributed by atoms with van der Waals surface area (Å²) in [6.45, 7) is 2.23. The molecule has 0 radical (unpaired) electrons. The first-order valence-corrected chi connectivity index (χ1v) is 5.37. The minimum atomic E-state index is -0.466. The van der Waals surface area contributed by atoms with Crippen LogP contribution in [-0.2, 0) is 11.3 Å². The number of nitrogens with zero attached hydrogens (tertiary/aromatic N) is 2. The maximum atomic E-state index is 11.2. The van der Waals surface area contributed by atoms with Gasteiger partial charge in [0.2, 0.25) is 5.76 Å². The van der Waals surface area contributed by atoms with Gasteiger partial charge in [0.1, 0.15) is 5.76 Å². The first kappa shape index (κ1) is 11.5. The molecule has 0 amide bonds. The normalized spacial score (nSPS) is 14.7. The number of carbonyl (C=O) groups excluding carboxylic acids is 1. The summed E-state index contributed by atoms with van der Waals surface area (Å²) in [5, 5.41) is 3.15. The van der Waals surface area contributed by atoms with E-state index in [1.165, 1.54) is 7.11 Å². The molecular formula is C11H15N3O3. The number of nitrogens with one attached hydrogen (secondary N) is 1. The molecule has 1 aliphatic rings. The summed E-state index contributed by atoms with van der Waals surface area (Å²) in [6, 6.07) is 3.35. The number of furan rings is 1. The number of carbonyl (C=O) groups is 1. The van der Waals surface area contributed by atoms with Crippen molar-refractivity contribution in [1.82, 2.24) is 10.2 Å². The highest BCUT2D eigenvalue weighted by atomic mass is 16.5. The van der Waals surface area contributed by atoms with Crippen LogP contribution in [0.4, 0.5) is 0 Å². The lowest BCUT2D eigenvalue weighted by molar-refractivity contribution is 0.0563. The largest absolute Gasteiger partial charge is 0.463 e. The van der Waals surface area contributed by atoms with E-state index in [9.17, 15) is 4.79 Å². The van der Waals surface area contributed by atoms with Crippen molar-refractivity contribution >= 4 is 11.9 Å². The molecule has 0 saturated carbocycles. The first-order valence-electron chi connectivity index (χ1n) is 5.37. The van der Waals surface area contributed by atoms with Crippen LogP contribution in [0.5, 0.6) is 0 Å². The molecule has 2 rings (SSSR count). The SMILES string of the molecule is COC(=O)c1ccc(CNC2=NCCN2C)o1. The Morgan fingerprint density at radius 1 is 1.65 bits per heavy atom. The van der Waals surface area contributed by atoms with Crippen molar-refractivity contribution in [3.8, 4) is 0 Å². The minimum Gasteiger partial charge on any atom is -0.463 e. The van der Waals surface area contributed by atoms with Gasteiger partial charge in [-0.15, -0.1) is 0 Å². The summed E-state index contributed by atoms with van der Waals surface area (Å²) >= 11 is 0. The third-order valence-corrected chi connectivity index (χ3v) is 2.53. The molecule has 1 aliphatic heterocycles. The molecule has 0 unspecified atom stereocenters. The van der Waals surface area contributed by atoms with Crippen LogP contribution >= 0.6 is 0 Å². The summed E-state index contributed by atoms with van der Waals surface area (Å²) < 4.78 is 9.88. The molecule has 1 aromatic rings. The van der Waals surface area contributed by atoms with Crippen molar-refractivity contribution in [2.24, 2.45) is 4.99 Å². The van der Waals surface area contributed by atoms with Crippen molar-refractivity contribution in [2.45, 2.75) is 6.54 Å². The van der Waals surface area contributed by atoms with Gasteiger partial charge >= 0.3 is 5.97 Å². The van der Waals surface area contributed by atoms with Crippen LogP contribution in [0.1, 0.15) is 16.3 Å². The average Bonchev–Trinajstić information content (AvgIpc) is 2.94. The fourth-order valence-corrected chi connectivity index (χ4v) is 1.57. The summed E-state index contributed by atoms with van der Waals surface area (Å²) in [4.78, 5) is 17.5. The molecule has 6 nitrogen and oxygen atoms in total. The maximum Gasteiger partial charge on any atom is 0.373 e. The molecule has 6 heteroatoms. The second-order valence-electron chi connectivity index (χ2n) is 3.74. The second-order valence-corrected chi connectivity index (χ2v) is 3.74. The number of hydrogen-bond acceptors (Lipinski definition) is 6. The van der Waals surface area contributed by atoms with E-state index in [1.807, 2.05) is 11.9 Å². The molecule has 0 aromatic carbocycles. The van der Waals surface area contributed by atoms with Crippen molar-refractivity contribution in [2.75, 3.05) is 27.2 Å². The Morgan fingerprint density at radius 2 is 2.47 bits per heavy atom. The number of ether oxygens (including phenoxy) is 1. The van der Waals surface area contributed by atoms with E-state index in [4.69, 9.17) is 4.42 Å². The fourth-order valence-electron chi connectivity index (χ4n) is 1.57. The highest BCUT2D eigenvalue weighted by Gasteiger charge is 2.14. The monoisotopic (exact) mass is 237 g/mol. The standard InChI is InChI=1S/C11H15N3O3/c1-14-6-5-12-11(14)13-7-8-3-4-9(17-8)10(15)16-2/h3-4H,5-7H2,1-2H3,(H,12,13). The van der Waals surface area contributed by atoms with Gasteiger partial charge in [0.25, 0.3) is 0 Å². The first-order chi connectivity index (χ1) is 8.20. The Bertz CT molecular complexity index is 439. The Morgan fingerprint density at radius 3 is 3.12 bits per heavy atom. The third-order valence-electron chi connectivity index (χ3n) is 2.53. The van der Waals surface area contributed by atoms with Gasteiger partial charge in [0.15, 0.2) is 5.96 Å². The molecule has 1 N–H and O–H groups in total. The highest BCUT2D eigenvalue weighted by Crippen LogP contribution is 2.09. The van der Waals surface area contributed by atoms with Crippen LogP contribution in [-0.4, -0.2) is 44.1 Å². The van der Waals surface area contributed by atoms with Crippen LogP contribution in [0.25, 0.3) is 0 Å². The number of rotatable bonds is 3. The van der Waals surface area contributed by atoms with Gasteiger partial charge in [-0.2, -0.15) is 0 Å². The lowest BCUT2D eigenvalue weighted by Crippen LogP contribution is -2.34. The van der Waals surface area contributed by atoms with Gasteiger partial charge in [0, 0.05) is 13.6 Å². The molecule has 17 heavy (non-hydrogen) atoms. The summed E-state index contributed by atoms with van der Waals surface area (Å²) in [7, 11) is 3.30. The number of likely N-dealkylation sites (N-methyl/N-ethyl adjacent to an activating group) is 1. The average molecular weight is 237 g/mol. The molecule has 0 bridgehead atoms. The number of esters is 1. The number of methoxy groups -OCH3 is 1. The minimum absolute atomic E-state index is 0.214. The van der Waals surface area contributed by atoms with Gasteiger partial charge in [-0.3, -0.25) is 4.99 Å². The van der Waals surface area contributed by atoms with E-state index in [-0.39, 0.29) is 5.76 Å². The van der Waals surface area contributed by atoms with E-state index in [0.717, 1.165) is 19.0 Å². The van der Waals surface area contributed by atoms with Crippen LogP contribution in [0, 0.1) is 0 Å². The topological polar surface area (TPSA) is 67.1 Å². The second kappa shape index (κ2) is 4.90. The smallest absolute Gasteiger partial charge is 0.373 e. The Hall–Kier alpha value is -1.98. The molecule has 0 aliphatic carbocycles. The predicted molar refractivity (Wildman–Crippen MR) is 61.8 cm³/mol. The Balaban J connectivity index is 1.91. The predicted octanol–water partition coefficient (Wildman–Crippen LogP) is 0.457. The zero-order chi connectivity index (χ0) is 12.3. The Kier molecular flexibility index (Phi) is 3.32. The maximum absolute atomic E-state index is 11.2. The molecule has 0 saturated heterocycles. The van der Waals surface area contributed by atoms with E-state index < -0.39 is 5.97 Å². The molecular weight excluding hydrogens is 222 g/mol. The van der Waals surface area contributed by atoms with Gasteiger partial charge in [-0.25, -0.2) is 4.79 Å². The molecule has 2 heterocycles. The summed E-state index contributed by atoms with van der Waals surface area (Å²) in [5.41, 5.74) is 0. The van der Waals surface area contributed by atoms with Crippen LogP contribution < -0.4 is 5.32 Å². The van der Waals surface area contributed by atoms with Crippen LogP contribution in [0.15, 0.2) is 21.5 Å². The van der Waals surface area contributed by atoms with Crippen molar-refractivity contribution in [1.29, 1.82) is 0 Å². The zero-order valence-corrected chi connectivity index (χ0v) is 9.90. The van der Waals surface area contributed by atoms with E-state index in [0.29, 0.717) is 12.3 Å². The number of hydrogen-bond donors (Lipinski definition) is 1. The molecule has 0 spiro atoms. The van der Waals surface area contributed by atoms with Crippen molar-refractivity contribution in [3.63, 3.8) is 0 Å². The molecule has 0 atom stereocenters. The van der Waals surface area contributed by atoms with Crippen molar-refractivity contribution < 1.29 is 13.9 Å². The third kappa shape index (κ3) is 2.58. The summed E-state index contributed by atoms with van der Waals surface area (Å²) in [5.74, 6) is 1.27. The lowest BCUT2D eigenvalue weighted by atomic mass is 10.4. The van der Waals surface area contributed by atoms with Gasteiger partial charge in [-0.05, 0) is 12.1 Å². The number of guanidine groups is 1. The summed E-state index contributed by atoms with van der Waals surface area (Å²) in [6.07, 6.45) is 0. The zero-order valence-electron chi connectivity index (χ0n) is 9.90. The van der Waals surface area contributed by atoms with Gasteiger partial charge < -0.3 is 19.4 Å². The number of aliphatic imine (C=N–C) groups is 1. The van der Waals surface area contributed by atoms with E-state index in [2.05, 4.69) is 15.0 Å². The quantitative estimate of drug-likeness (QED) is 0.773. The Labute approximate surface area is 99.3 Å². The highest BCUT2D eigenvalue weighted by molar-refractivity contribution is 5.86. The molecule has 1 aromatic heterocycles. The molecule has 0 fully saturated rings.